The Kier molecular flexibility index (Phi) is 3.88. The topological polar surface area (TPSA) is 33.6 Å². The molecule has 2 aromatic rings. The van der Waals surface area contributed by atoms with Gasteiger partial charge in [-0.15, -0.1) is 0 Å². The molecule has 0 radical (unpaired) electrons. The van der Waals surface area contributed by atoms with Gasteiger partial charge in [-0.05, 0) is 29.8 Å². The van der Waals surface area contributed by atoms with Gasteiger partial charge in [0.1, 0.15) is 18.2 Å². The molecule has 0 aromatic heterocycles. The van der Waals surface area contributed by atoms with Gasteiger partial charge in [-0.1, -0.05) is 35.9 Å². The third-order valence-corrected chi connectivity index (χ3v) is 3.31. The van der Waals surface area contributed by atoms with Crippen LogP contribution >= 0.6 is 11.6 Å². The number of halogens is 1. The van der Waals surface area contributed by atoms with E-state index >= 15 is 0 Å². The molecule has 1 heterocycles. The van der Waals surface area contributed by atoms with Gasteiger partial charge in [-0.25, -0.2) is 0 Å². The highest BCUT2D eigenvalue weighted by atomic mass is 35.5. The van der Waals surface area contributed by atoms with Crippen molar-refractivity contribution < 1.29 is 4.74 Å². The van der Waals surface area contributed by atoms with Gasteiger partial charge in [0.25, 0.3) is 0 Å². The Morgan fingerprint density at radius 1 is 1.15 bits per heavy atom. The van der Waals surface area contributed by atoms with Crippen molar-refractivity contribution in [2.24, 2.45) is 4.99 Å². The van der Waals surface area contributed by atoms with Crippen LogP contribution in [0.4, 0.5) is 0 Å². The van der Waals surface area contributed by atoms with Crippen LogP contribution in [0, 0.1) is 0 Å². The van der Waals surface area contributed by atoms with E-state index in [1.54, 1.807) is 0 Å². The van der Waals surface area contributed by atoms with Gasteiger partial charge in [0.15, 0.2) is 0 Å². The first kappa shape index (κ1) is 13.0. The standard InChI is InChI=1S/C16H15ClN2O/c17-14-5-1-3-12(9-14)11-20-15-6-2-4-13(10-15)16-18-7-8-19-16/h1-6,9-10H,7-8,11H2,(H,18,19). The summed E-state index contributed by atoms with van der Waals surface area (Å²) in [6, 6.07) is 15.6. The van der Waals surface area contributed by atoms with Gasteiger partial charge in [0, 0.05) is 17.1 Å². The fourth-order valence-corrected chi connectivity index (χ4v) is 2.33. The van der Waals surface area contributed by atoms with Crippen molar-refractivity contribution in [2.75, 3.05) is 13.1 Å². The highest BCUT2D eigenvalue weighted by Gasteiger charge is 2.08. The molecule has 4 heteroatoms. The van der Waals surface area contributed by atoms with Crippen molar-refractivity contribution in [3.8, 4) is 5.75 Å². The largest absolute Gasteiger partial charge is 0.489 e. The summed E-state index contributed by atoms with van der Waals surface area (Å²) in [5.41, 5.74) is 2.12. The predicted molar refractivity (Wildman–Crippen MR) is 81.6 cm³/mol. The summed E-state index contributed by atoms with van der Waals surface area (Å²) in [7, 11) is 0. The number of rotatable bonds is 4. The first-order chi connectivity index (χ1) is 9.81. The molecule has 0 saturated heterocycles. The molecule has 2 aromatic carbocycles. The molecule has 102 valence electrons. The lowest BCUT2D eigenvalue weighted by molar-refractivity contribution is 0.306. The summed E-state index contributed by atoms with van der Waals surface area (Å²) >= 11 is 5.96. The van der Waals surface area contributed by atoms with Crippen LogP contribution in [0.2, 0.25) is 5.02 Å². The number of amidine groups is 1. The zero-order valence-corrected chi connectivity index (χ0v) is 11.7. The molecule has 0 saturated carbocycles. The first-order valence-corrected chi connectivity index (χ1v) is 6.95. The Labute approximate surface area is 123 Å². The van der Waals surface area contributed by atoms with Gasteiger partial charge in [-0.3, -0.25) is 4.99 Å². The molecular weight excluding hydrogens is 272 g/mol. The van der Waals surface area contributed by atoms with E-state index in [4.69, 9.17) is 16.3 Å². The van der Waals surface area contributed by atoms with Crippen molar-refractivity contribution in [3.63, 3.8) is 0 Å². The number of nitrogens with zero attached hydrogens (tertiary/aromatic N) is 1. The average molecular weight is 287 g/mol. The summed E-state index contributed by atoms with van der Waals surface area (Å²) in [4.78, 5) is 4.41. The molecular formula is C16H15ClN2O. The second-order valence-corrected chi connectivity index (χ2v) is 5.04. The maximum absolute atomic E-state index is 5.96. The third kappa shape index (κ3) is 3.11. The summed E-state index contributed by atoms with van der Waals surface area (Å²) in [6.45, 7) is 2.25. The van der Waals surface area contributed by atoms with E-state index in [0.29, 0.717) is 6.61 Å². The smallest absolute Gasteiger partial charge is 0.128 e. The van der Waals surface area contributed by atoms with Crippen LogP contribution in [0.25, 0.3) is 0 Å². The quantitative estimate of drug-likeness (QED) is 0.936. The zero-order valence-electron chi connectivity index (χ0n) is 11.0. The minimum absolute atomic E-state index is 0.504. The second-order valence-electron chi connectivity index (χ2n) is 4.60. The van der Waals surface area contributed by atoms with Crippen LogP contribution < -0.4 is 10.1 Å². The monoisotopic (exact) mass is 286 g/mol. The molecule has 20 heavy (non-hydrogen) atoms. The Morgan fingerprint density at radius 2 is 2.05 bits per heavy atom. The van der Waals surface area contributed by atoms with Gasteiger partial charge < -0.3 is 10.1 Å². The molecule has 0 bridgehead atoms. The molecule has 3 rings (SSSR count). The molecule has 0 atom stereocenters. The molecule has 1 N–H and O–H groups in total. The number of nitrogens with one attached hydrogen (secondary N) is 1. The van der Waals surface area contributed by atoms with Crippen LogP contribution in [0.3, 0.4) is 0 Å². The number of benzene rings is 2. The lowest BCUT2D eigenvalue weighted by Crippen LogP contribution is -2.19. The Morgan fingerprint density at radius 3 is 2.85 bits per heavy atom. The fourth-order valence-electron chi connectivity index (χ4n) is 2.12. The normalized spacial score (nSPS) is 13.8. The molecule has 0 fully saturated rings. The molecule has 0 spiro atoms. The zero-order chi connectivity index (χ0) is 13.8. The van der Waals surface area contributed by atoms with Gasteiger partial charge in [0.05, 0.1) is 6.54 Å². The van der Waals surface area contributed by atoms with E-state index in [2.05, 4.69) is 10.3 Å². The minimum Gasteiger partial charge on any atom is -0.489 e. The van der Waals surface area contributed by atoms with Gasteiger partial charge in [-0.2, -0.15) is 0 Å². The average Bonchev–Trinajstić information content (AvgIpc) is 3.00. The van der Waals surface area contributed by atoms with E-state index < -0.39 is 0 Å². The van der Waals surface area contributed by atoms with E-state index in [0.717, 1.165) is 40.8 Å². The molecule has 0 amide bonds. The highest BCUT2D eigenvalue weighted by molar-refractivity contribution is 6.30. The Balaban J connectivity index is 1.70. The molecule has 0 unspecified atom stereocenters. The van der Waals surface area contributed by atoms with Crippen molar-refractivity contribution in [3.05, 3.63) is 64.7 Å². The van der Waals surface area contributed by atoms with Crippen LogP contribution in [-0.4, -0.2) is 18.9 Å². The number of aliphatic imine (C=N–C) groups is 1. The second kappa shape index (κ2) is 5.97. The molecule has 1 aliphatic heterocycles. The van der Waals surface area contributed by atoms with Crippen molar-refractivity contribution in [1.29, 1.82) is 0 Å². The predicted octanol–water partition coefficient (Wildman–Crippen LogP) is 3.27. The number of hydrogen-bond acceptors (Lipinski definition) is 3. The van der Waals surface area contributed by atoms with Gasteiger partial charge >= 0.3 is 0 Å². The maximum Gasteiger partial charge on any atom is 0.128 e. The van der Waals surface area contributed by atoms with E-state index in [1.807, 2.05) is 48.5 Å². The summed E-state index contributed by atoms with van der Waals surface area (Å²) in [5, 5.41) is 3.98. The van der Waals surface area contributed by atoms with E-state index in [9.17, 15) is 0 Å². The van der Waals surface area contributed by atoms with Crippen molar-refractivity contribution in [2.45, 2.75) is 6.61 Å². The van der Waals surface area contributed by atoms with Crippen LogP contribution in [0.1, 0.15) is 11.1 Å². The summed E-state index contributed by atoms with van der Waals surface area (Å²) < 4.78 is 5.81. The highest BCUT2D eigenvalue weighted by Crippen LogP contribution is 2.17. The summed E-state index contributed by atoms with van der Waals surface area (Å²) in [5.74, 6) is 1.78. The number of ether oxygens (including phenoxy) is 1. The molecule has 1 aliphatic rings. The third-order valence-electron chi connectivity index (χ3n) is 3.08. The van der Waals surface area contributed by atoms with Crippen LogP contribution in [0.5, 0.6) is 5.75 Å². The van der Waals surface area contributed by atoms with Gasteiger partial charge in [0.2, 0.25) is 0 Å². The first-order valence-electron chi connectivity index (χ1n) is 6.57. The lowest BCUT2D eigenvalue weighted by Gasteiger charge is -2.09. The lowest BCUT2D eigenvalue weighted by atomic mass is 10.2. The molecule has 3 nitrogen and oxygen atoms in total. The minimum atomic E-state index is 0.504. The van der Waals surface area contributed by atoms with E-state index in [-0.39, 0.29) is 0 Å². The Bertz CT molecular complexity index is 640. The van der Waals surface area contributed by atoms with Crippen LogP contribution in [0.15, 0.2) is 53.5 Å². The fraction of sp³-hybridized carbons (Fsp3) is 0.188. The molecule has 0 aliphatic carbocycles. The SMILES string of the molecule is Clc1cccc(COc2cccc(C3=NCCN3)c2)c1. The maximum atomic E-state index is 5.96. The number of hydrogen-bond donors (Lipinski definition) is 1. The van der Waals surface area contributed by atoms with Crippen molar-refractivity contribution in [1.82, 2.24) is 5.32 Å². The van der Waals surface area contributed by atoms with Crippen LogP contribution in [-0.2, 0) is 6.61 Å². The Hall–Kier alpha value is -2.00. The van der Waals surface area contributed by atoms with E-state index in [1.165, 1.54) is 0 Å². The van der Waals surface area contributed by atoms with Crippen molar-refractivity contribution >= 4 is 17.4 Å². The summed E-state index contributed by atoms with van der Waals surface area (Å²) in [6.07, 6.45) is 0.